The molecular weight excluding hydrogens is 356 g/mol. The normalized spacial score (nSPS) is 19.9. The zero-order valence-electron chi connectivity index (χ0n) is 14.4. The van der Waals surface area contributed by atoms with Crippen LogP contribution < -0.4 is 10.1 Å². The first kappa shape index (κ1) is 18.6. The van der Waals surface area contributed by atoms with Crippen LogP contribution in [0.2, 0.25) is 0 Å². The highest BCUT2D eigenvalue weighted by molar-refractivity contribution is 5.84. The van der Waals surface area contributed by atoms with E-state index in [4.69, 9.17) is 10.00 Å². The predicted octanol–water partition coefficient (Wildman–Crippen LogP) is 2.71. The summed E-state index contributed by atoms with van der Waals surface area (Å²) in [7, 11) is 0. The smallest absolute Gasteiger partial charge is 0.410 e. The number of nitrogens with one attached hydrogen (secondary N) is 1. The molecule has 2 aliphatic rings. The largest absolute Gasteiger partial charge is 0.416 e. The van der Waals surface area contributed by atoms with E-state index < -0.39 is 30.0 Å². The van der Waals surface area contributed by atoms with Crippen molar-refractivity contribution in [2.45, 2.75) is 25.7 Å². The molecule has 1 aromatic rings. The number of amides is 2. The predicted molar refractivity (Wildman–Crippen MR) is 91.7 cm³/mol. The van der Waals surface area contributed by atoms with Gasteiger partial charge in [-0.05, 0) is 31.2 Å². The molecule has 0 spiro atoms. The molecule has 1 N–H and O–H groups in total. The number of rotatable bonds is 4. The highest BCUT2D eigenvalue weighted by Gasteiger charge is 2.28. The van der Waals surface area contributed by atoms with Crippen molar-refractivity contribution >= 4 is 12.0 Å². The van der Waals surface area contributed by atoms with Crippen LogP contribution in [0.4, 0.5) is 13.6 Å². The van der Waals surface area contributed by atoms with Gasteiger partial charge in [0.05, 0.1) is 24.2 Å². The fraction of sp³-hybridized carbons (Fsp3) is 0.263. The van der Waals surface area contributed by atoms with Gasteiger partial charge in [0.25, 0.3) is 0 Å². The van der Waals surface area contributed by atoms with Crippen LogP contribution in [0, 0.1) is 17.8 Å². The molecule has 1 radical (unpaired) electrons. The lowest BCUT2D eigenvalue weighted by atomic mass is 9.99. The van der Waals surface area contributed by atoms with Crippen LogP contribution in [0.15, 0.2) is 41.8 Å². The van der Waals surface area contributed by atoms with E-state index in [0.29, 0.717) is 16.9 Å². The quantitative estimate of drug-likeness (QED) is 0.881. The van der Waals surface area contributed by atoms with Crippen molar-refractivity contribution in [3.63, 3.8) is 0 Å². The second kappa shape index (κ2) is 7.58. The summed E-state index contributed by atoms with van der Waals surface area (Å²) in [5, 5.41) is 11.5. The van der Waals surface area contributed by atoms with Crippen molar-refractivity contribution in [3.05, 3.63) is 59.3 Å². The summed E-state index contributed by atoms with van der Waals surface area (Å²) in [6.45, 7) is 1.37. The van der Waals surface area contributed by atoms with E-state index in [1.54, 1.807) is 13.0 Å². The van der Waals surface area contributed by atoms with Crippen LogP contribution in [0.1, 0.15) is 18.1 Å². The van der Waals surface area contributed by atoms with E-state index in [2.05, 4.69) is 5.32 Å². The van der Waals surface area contributed by atoms with Gasteiger partial charge in [-0.1, -0.05) is 6.08 Å². The van der Waals surface area contributed by atoms with Gasteiger partial charge in [-0.3, -0.25) is 9.69 Å². The summed E-state index contributed by atoms with van der Waals surface area (Å²) in [5.74, 6) is -0.900. The van der Waals surface area contributed by atoms with Crippen LogP contribution >= 0.6 is 0 Å². The maximum absolute atomic E-state index is 13.8. The number of benzene rings is 1. The molecule has 0 aromatic heterocycles. The summed E-state index contributed by atoms with van der Waals surface area (Å²) < 4.78 is 32.1. The minimum atomic E-state index is -1.49. The Morgan fingerprint density at radius 3 is 3.00 bits per heavy atom. The van der Waals surface area contributed by atoms with E-state index in [1.807, 2.05) is 6.07 Å². The van der Waals surface area contributed by atoms with Gasteiger partial charge >= 0.3 is 6.09 Å². The number of nitrogens with zero attached hydrogens (tertiary/aromatic N) is 2. The average Bonchev–Trinajstić information content (AvgIpc) is 2.61. The standard InChI is InChI=1S/C19H16F2N3O3/c1-11(15-4-3-14(20)7-16(15)21)23-18(25)10-24-9-13-6-12(8-22)2-5-17(13)27-19(24)26/h2-7,11,14H,9-10H2,1H3,(H,23,25)/t11-,14?/m0/s1. The highest BCUT2D eigenvalue weighted by atomic mass is 19.1. The van der Waals surface area contributed by atoms with Crippen molar-refractivity contribution in [1.29, 1.82) is 5.26 Å². The number of allylic oxidation sites excluding steroid dienone is 2. The first-order chi connectivity index (χ1) is 12.9. The third kappa shape index (κ3) is 4.14. The number of carbonyl (C=O) groups excluding carboxylic acids is 2. The summed E-state index contributed by atoms with van der Waals surface area (Å²) in [5.41, 5.74) is 1.18. The molecule has 0 saturated heterocycles. The van der Waals surface area contributed by atoms with Crippen molar-refractivity contribution in [2.75, 3.05) is 6.54 Å². The maximum Gasteiger partial charge on any atom is 0.416 e. The second-order valence-corrected chi connectivity index (χ2v) is 6.22. The van der Waals surface area contributed by atoms with E-state index in [9.17, 15) is 18.4 Å². The van der Waals surface area contributed by atoms with Crippen molar-refractivity contribution in [3.8, 4) is 11.8 Å². The molecule has 139 valence electrons. The van der Waals surface area contributed by atoms with E-state index in [0.717, 1.165) is 6.08 Å². The molecule has 1 heterocycles. The van der Waals surface area contributed by atoms with Crippen LogP contribution in [0.3, 0.4) is 0 Å². The fourth-order valence-electron chi connectivity index (χ4n) is 2.88. The third-order valence-corrected chi connectivity index (χ3v) is 4.23. The number of nitriles is 1. The molecule has 6 nitrogen and oxygen atoms in total. The lowest BCUT2D eigenvalue weighted by Gasteiger charge is -2.28. The van der Waals surface area contributed by atoms with E-state index >= 15 is 0 Å². The van der Waals surface area contributed by atoms with Gasteiger partial charge in [0.15, 0.2) is 0 Å². The molecule has 0 bridgehead atoms. The number of ether oxygens (including phenoxy) is 1. The van der Waals surface area contributed by atoms with Crippen LogP contribution in [0.25, 0.3) is 0 Å². The molecule has 1 aliphatic heterocycles. The number of carbonyl (C=O) groups is 2. The lowest BCUT2D eigenvalue weighted by Crippen LogP contribution is -2.46. The van der Waals surface area contributed by atoms with Crippen LogP contribution in [-0.2, 0) is 11.3 Å². The average molecular weight is 372 g/mol. The Hall–Kier alpha value is -3.21. The molecule has 1 aromatic carbocycles. The number of hydrogen-bond acceptors (Lipinski definition) is 4. The number of alkyl halides is 1. The molecule has 0 fully saturated rings. The number of hydrogen-bond donors (Lipinski definition) is 1. The van der Waals surface area contributed by atoms with Gasteiger partial charge in [0.2, 0.25) is 5.91 Å². The Morgan fingerprint density at radius 1 is 1.52 bits per heavy atom. The molecule has 1 unspecified atom stereocenters. The molecule has 27 heavy (non-hydrogen) atoms. The SMILES string of the molecule is C[C@H](NC(=O)CN1Cc2cc(C#N)ccc2OC1=O)C1=C[CH]C(F)C=C1F. The molecule has 8 heteroatoms. The molecule has 3 rings (SSSR count). The maximum atomic E-state index is 13.8. The highest BCUT2D eigenvalue weighted by Crippen LogP contribution is 2.27. The molecule has 2 atom stereocenters. The molecular formula is C19H16F2N3O3. The zero-order chi connectivity index (χ0) is 19.6. The summed E-state index contributed by atoms with van der Waals surface area (Å²) in [6.07, 6.45) is 1.13. The Balaban J connectivity index is 1.63. The van der Waals surface area contributed by atoms with Gasteiger partial charge in [-0.2, -0.15) is 5.26 Å². The topological polar surface area (TPSA) is 82.4 Å². The Morgan fingerprint density at radius 2 is 2.30 bits per heavy atom. The Bertz CT molecular complexity index is 889. The third-order valence-electron chi connectivity index (χ3n) is 4.23. The number of halogens is 2. The minimum Gasteiger partial charge on any atom is -0.410 e. The van der Waals surface area contributed by atoms with Gasteiger partial charge < -0.3 is 10.1 Å². The first-order valence-electron chi connectivity index (χ1n) is 8.23. The molecule has 0 saturated carbocycles. The monoisotopic (exact) mass is 372 g/mol. The lowest BCUT2D eigenvalue weighted by molar-refractivity contribution is -0.122. The van der Waals surface area contributed by atoms with Crippen molar-refractivity contribution in [1.82, 2.24) is 10.2 Å². The van der Waals surface area contributed by atoms with Crippen molar-refractivity contribution < 1.29 is 23.1 Å². The van der Waals surface area contributed by atoms with Gasteiger partial charge in [-0.25, -0.2) is 13.6 Å². The summed E-state index contributed by atoms with van der Waals surface area (Å²) in [6, 6.07) is 5.96. The van der Waals surface area contributed by atoms with E-state index in [1.165, 1.54) is 29.5 Å². The van der Waals surface area contributed by atoms with Gasteiger partial charge in [0, 0.05) is 17.6 Å². The molecule has 1 aliphatic carbocycles. The zero-order valence-corrected chi connectivity index (χ0v) is 14.4. The second-order valence-electron chi connectivity index (χ2n) is 6.22. The van der Waals surface area contributed by atoms with Crippen molar-refractivity contribution in [2.24, 2.45) is 0 Å². The van der Waals surface area contributed by atoms with E-state index in [-0.39, 0.29) is 18.7 Å². The van der Waals surface area contributed by atoms with Crippen LogP contribution in [-0.4, -0.2) is 35.7 Å². The van der Waals surface area contributed by atoms with Crippen LogP contribution in [0.5, 0.6) is 5.75 Å². The van der Waals surface area contributed by atoms with Gasteiger partial charge in [0.1, 0.15) is 24.3 Å². The van der Waals surface area contributed by atoms with Gasteiger partial charge in [-0.15, -0.1) is 0 Å². The summed E-state index contributed by atoms with van der Waals surface area (Å²) >= 11 is 0. The molecule has 2 amide bonds. The first-order valence-corrected chi connectivity index (χ1v) is 8.23. The summed E-state index contributed by atoms with van der Waals surface area (Å²) in [4.78, 5) is 25.5. The minimum absolute atomic E-state index is 0.111. The Kier molecular flexibility index (Phi) is 5.21. The Labute approximate surface area is 154 Å². The number of fused-ring (bicyclic) bond motifs is 1. The fourth-order valence-corrected chi connectivity index (χ4v) is 2.88.